The second kappa shape index (κ2) is 7.70. The smallest absolute Gasteiger partial charge is 0.412 e. The zero-order chi connectivity index (χ0) is 17.6. The van der Waals surface area contributed by atoms with E-state index < -0.39 is 6.09 Å². The summed E-state index contributed by atoms with van der Waals surface area (Å²) in [5.74, 6) is 1.23. The van der Waals surface area contributed by atoms with Crippen molar-refractivity contribution >= 4 is 17.7 Å². The number of hydrogen-bond donors (Lipinski definition) is 1. The molecule has 0 saturated heterocycles. The van der Waals surface area contributed by atoms with E-state index in [9.17, 15) is 9.59 Å². The lowest BCUT2D eigenvalue weighted by Gasteiger charge is -2.17. The molecule has 1 N–H and O–H groups in total. The van der Waals surface area contributed by atoms with Gasteiger partial charge in [0, 0.05) is 13.6 Å². The quantitative estimate of drug-likeness (QED) is 0.929. The largest absolute Gasteiger partial charge is 0.491 e. The highest BCUT2D eigenvalue weighted by Crippen LogP contribution is 2.31. The van der Waals surface area contributed by atoms with E-state index >= 15 is 0 Å². The summed E-state index contributed by atoms with van der Waals surface area (Å²) in [5.41, 5.74) is 1.76. The van der Waals surface area contributed by atoms with Gasteiger partial charge in [-0.25, -0.2) is 4.79 Å². The van der Waals surface area contributed by atoms with Crippen LogP contribution < -0.4 is 19.7 Å². The van der Waals surface area contributed by atoms with E-state index in [0.717, 1.165) is 11.3 Å². The fourth-order valence-electron chi connectivity index (χ4n) is 2.59. The first-order valence-electron chi connectivity index (χ1n) is 8.16. The van der Waals surface area contributed by atoms with Gasteiger partial charge in [0.15, 0.2) is 0 Å². The first-order chi connectivity index (χ1) is 12.1. The Labute approximate surface area is 146 Å². The summed E-state index contributed by atoms with van der Waals surface area (Å²) in [6.07, 6.45) is 0.503. The van der Waals surface area contributed by atoms with Gasteiger partial charge in [0.25, 0.3) is 0 Å². The van der Waals surface area contributed by atoms with Gasteiger partial charge in [-0.1, -0.05) is 24.3 Å². The number of anilines is 1. The number of benzene rings is 2. The van der Waals surface area contributed by atoms with Crippen molar-refractivity contribution in [3.63, 3.8) is 0 Å². The molecule has 1 aliphatic rings. The molecule has 3 rings (SSSR count). The van der Waals surface area contributed by atoms with Gasteiger partial charge in [-0.05, 0) is 36.2 Å². The number of rotatable bonds is 4. The predicted molar refractivity (Wildman–Crippen MR) is 94.1 cm³/mol. The first kappa shape index (κ1) is 16.8. The SMILES string of the molecule is CN1C(=O)CCOc2ccc(CCNC(=O)Oc3ccccc3)cc21. The molecule has 0 saturated carbocycles. The molecule has 6 heteroatoms. The van der Waals surface area contributed by atoms with E-state index in [1.54, 1.807) is 36.2 Å². The van der Waals surface area contributed by atoms with Crippen LogP contribution in [0.25, 0.3) is 0 Å². The van der Waals surface area contributed by atoms with Crippen LogP contribution in [-0.4, -0.2) is 32.2 Å². The van der Waals surface area contributed by atoms with E-state index in [0.29, 0.717) is 37.5 Å². The average Bonchev–Trinajstić information content (AvgIpc) is 2.75. The lowest BCUT2D eigenvalue weighted by Crippen LogP contribution is -2.29. The number of hydrogen-bond acceptors (Lipinski definition) is 4. The van der Waals surface area contributed by atoms with Gasteiger partial charge in [-0.2, -0.15) is 0 Å². The van der Waals surface area contributed by atoms with Gasteiger partial charge in [-0.15, -0.1) is 0 Å². The lowest BCUT2D eigenvalue weighted by molar-refractivity contribution is -0.118. The van der Waals surface area contributed by atoms with Gasteiger partial charge >= 0.3 is 6.09 Å². The minimum absolute atomic E-state index is 0.0282. The fraction of sp³-hybridized carbons (Fsp3) is 0.263. The van der Waals surface area contributed by atoms with Gasteiger partial charge < -0.3 is 19.7 Å². The van der Waals surface area contributed by atoms with Crippen molar-refractivity contribution in [2.24, 2.45) is 0 Å². The Morgan fingerprint density at radius 2 is 2.04 bits per heavy atom. The summed E-state index contributed by atoms with van der Waals surface area (Å²) in [6, 6.07) is 14.6. The molecule has 0 aliphatic carbocycles. The van der Waals surface area contributed by atoms with Crippen LogP contribution in [-0.2, 0) is 11.2 Å². The highest BCUT2D eigenvalue weighted by Gasteiger charge is 2.20. The summed E-state index contributed by atoms with van der Waals surface area (Å²) < 4.78 is 10.8. The zero-order valence-corrected chi connectivity index (χ0v) is 14.0. The summed E-state index contributed by atoms with van der Waals surface area (Å²) >= 11 is 0. The van der Waals surface area contributed by atoms with Crippen LogP contribution in [0.3, 0.4) is 0 Å². The molecule has 1 heterocycles. The minimum Gasteiger partial charge on any atom is -0.491 e. The fourth-order valence-corrected chi connectivity index (χ4v) is 2.59. The van der Waals surface area contributed by atoms with Crippen LogP contribution in [0.5, 0.6) is 11.5 Å². The average molecular weight is 340 g/mol. The van der Waals surface area contributed by atoms with Gasteiger partial charge in [0.2, 0.25) is 5.91 Å². The van der Waals surface area contributed by atoms with Crippen molar-refractivity contribution in [3.05, 3.63) is 54.1 Å². The molecule has 130 valence electrons. The molecule has 0 radical (unpaired) electrons. The highest BCUT2D eigenvalue weighted by atomic mass is 16.6. The van der Waals surface area contributed by atoms with Crippen LogP contribution in [0.2, 0.25) is 0 Å². The van der Waals surface area contributed by atoms with E-state index in [2.05, 4.69) is 5.32 Å². The molecule has 0 unspecified atom stereocenters. The Kier molecular flexibility index (Phi) is 5.18. The maximum Gasteiger partial charge on any atom is 0.412 e. The normalized spacial score (nSPS) is 13.5. The molecule has 0 atom stereocenters. The molecule has 0 spiro atoms. The third-order valence-corrected chi connectivity index (χ3v) is 3.97. The van der Waals surface area contributed by atoms with Crippen LogP contribution in [0.15, 0.2) is 48.5 Å². The van der Waals surface area contributed by atoms with Gasteiger partial charge in [0.05, 0.1) is 18.7 Å². The molecular formula is C19H20N2O4. The second-order valence-electron chi connectivity index (χ2n) is 5.73. The summed E-state index contributed by atoms with van der Waals surface area (Å²) in [5, 5.41) is 2.72. The Hall–Kier alpha value is -3.02. The van der Waals surface area contributed by atoms with Crippen LogP contribution in [0.4, 0.5) is 10.5 Å². The van der Waals surface area contributed by atoms with Gasteiger partial charge in [-0.3, -0.25) is 4.79 Å². The van der Waals surface area contributed by atoms with Crippen molar-refractivity contribution < 1.29 is 19.1 Å². The Bertz CT molecular complexity index is 761. The number of carbonyl (C=O) groups excluding carboxylic acids is 2. The molecule has 25 heavy (non-hydrogen) atoms. The van der Waals surface area contributed by atoms with E-state index in [1.165, 1.54) is 0 Å². The Morgan fingerprint density at radius 1 is 1.24 bits per heavy atom. The van der Waals surface area contributed by atoms with Crippen molar-refractivity contribution in [3.8, 4) is 11.5 Å². The molecule has 2 aromatic rings. The zero-order valence-electron chi connectivity index (χ0n) is 14.0. The van der Waals surface area contributed by atoms with E-state index in [-0.39, 0.29) is 5.91 Å². The number of nitrogens with zero attached hydrogens (tertiary/aromatic N) is 1. The summed E-state index contributed by atoms with van der Waals surface area (Å²) in [6.45, 7) is 0.825. The number of nitrogens with one attached hydrogen (secondary N) is 1. The van der Waals surface area contributed by atoms with E-state index in [4.69, 9.17) is 9.47 Å². The van der Waals surface area contributed by atoms with Crippen LogP contribution >= 0.6 is 0 Å². The molecule has 0 aromatic heterocycles. The lowest BCUT2D eigenvalue weighted by atomic mass is 10.1. The minimum atomic E-state index is -0.489. The summed E-state index contributed by atoms with van der Waals surface area (Å²) in [4.78, 5) is 25.3. The van der Waals surface area contributed by atoms with Gasteiger partial charge in [0.1, 0.15) is 11.5 Å². The third-order valence-electron chi connectivity index (χ3n) is 3.97. The maximum absolute atomic E-state index is 11.9. The number of fused-ring (bicyclic) bond motifs is 1. The molecule has 2 aromatic carbocycles. The second-order valence-corrected chi connectivity index (χ2v) is 5.73. The first-order valence-corrected chi connectivity index (χ1v) is 8.16. The van der Waals surface area contributed by atoms with Crippen LogP contribution in [0, 0.1) is 0 Å². The standard InChI is InChI=1S/C19H20N2O4/c1-21-16-13-14(7-8-17(16)24-12-10-18(21)22)9-11-20-19(23)25-15-5-3-2-4-6-15/h2-8,13H,9-12H2,1H3,(H,20,23). The third kappa shape index (κ3) is 4.29. The molecule has 6 nitrogen and oxygen atoms in total. The van der Waals surface area contributed by atoms with Crippen molar-refractivity contribution in [2.75, 3.05) is 25.1 Å². The maximum atomic E-state index is 11.9. The highest BCUT2D eigenvalue weighted by molar-refractivity contribution is 5.95. The van der Waals surface area contributed by atoms with Crippen molar-refractivity contribution in [1.82, 2.24) is 5.32 Å². The Morgan fingerprint density at radius 3 is 2.84 bits per heavy atom. The molecule has 1 aliphatic heterocycles. The topological polar surface area (TPSA) is 67.9 Å². The molecule has 2 amide bonds. The Balaban J connectivity index is 1.56. The molecule has 0 bridgehead atoms. The number of carbonyl (C=O) groups is 2. The van der Waals surface area contributed by atoms with Crippen molar-refractivity contribution in [1.29, 1.82) is 0 Å². The number of ether oxygens (including phenoxy) is 2. The molecular weight excluding hydrogens is 320 g/mol. The van der Waals surface area contributed by atoms with E-state index in [1.807, 2.05) is 24.3 Å². The van der Waals surface area contributed by atoms with Crippen molar-refractivity contribution in [2.45, 2.75) is 12.8 Å². The number of para-hydroxylation sites is 1. The summed E-state index contributed by atoms with van der Waals surface area (Å²) in [7, 11) is 1.75. The van der Waals surface area contributed by atoms with Crippen LogP contribution in [0.1, 0.15) is 12.0 Å². The molecule has 0 fully saturated rings. The monoisotopic (exact) mass is 340 g/mol. The predicted octanol–water partition coefficient (Wildman–Crippen LogP) is 2.76. The number of amides is 2.